The number of methoxy groups -OCH3 is 1. The Hall–Kier alpha value is -1.88. The maximum Gasteiger partial charge on any atom is 0.251 e. The largest absolute Gasteiger partial charge is 0.372 e. The Morgan fingerprint density at radius 1 is 1.16 bits per heavy atom. The first kappa shape index (κ1) is 15.2. The van der Waals surface area contributed by atoms with Crippen LogP contribution in [0, 0.1) is 6.92 Å². The van der Waals surface area contributed by atoms with E-state index in [1.807, 2.05) is 19.1 Å². The van der Waals surface area contributed by atoms with Crippen molar-refractivity contribution in [1.29, 1.82) is 0 Å². The van der Waals surface area contributed by atoms with Crippen LogP contribution in [0.5, 0.6) is 0 Å². The predicted molar refractivity (Wildman–Crippen MR) is 73.0 cm³/mol. The third-order valence-corrected chi connectivity index (χ3v) is 2.75. The fourth-order valence-corrected chi connectivity index (χ4v) is 1.42. The fraction of sp³-hybridized carbons (Fsp3) is 0.429. The van der Waals surface area contributed by atoms with E-state index in [4.69, 9.17) is 4.74 Å². The maximum absolute atomic E-state index is 11.7. The lowest BCUT2D eigenvalue weighted by molar-refractivity contribution is -0.129. The van der Waals surface area contributed by atoms with Crippen molar-refractivity contribution in [3.63, 3.8) is 0 Å². The van der Waals surface area contributed by atoms with Gasteiger partial charge in [-0.2, -0.15) is 0 Å². The lowest BCUT2D eigenvalue weighted by Crippen LogP contribution is -2.39. The summed E-state index contributed by atoms with van der Waals surface area (Å²) in [5.41, 5.74) is 1.72. The monoisotopic (exact) mass is 264 g/mol. The van der Waals surface area contributed by atoms with E-state index in [2.05, 4.69) is 10.6 Å². The molecule has 5 nitrogen and oxygen atoms in total. The number of hydrogen-bond acceptors (Lipinski definition) is 3. The van der Waals surface area contributed by atoms with Gasteiger partial charge < -0.3 is 15.4 Å². The molecule has 104 valence electrons. The highest BCUT2D eigenvalue weighted by Gasteiger charge is 2.10. The van der Waals surface area contributed by atoms with Crippen LogP contribution >= 0.6 is 0 Å². The highest BCUT2D eigenvalue weighted by atomic mass is 16.5. The summed E-state index contributed by atoms with van der Waals surface area (Å²) in [4.78, 5) is 23.1. The Labute approximate surface area is 113 Å². The highest BCUT2D eigenvalue weighted by molar-refractivity contribution is 5.94. The van der Waals surface area contributed by atoms with Gasteiger partial charge in [0.1, 0.15) is 6.10 Å². The third-order valence-electron chi connectivity index (χ3n) is 2.75. The Morgan fingerprint density at radius 2 is 1.74 bits per heavy atom. The molecule has 19 heavy (non-hydrogen) atoms. The molecule has 0 aliphatic heterocycles. The summed E-state index contributed by atoms with van der Waals surface area (Å²) in [6.07, 6.45) is -0.479. The van der Waals surface area contributed by atoms with Gasteiger partial charge in [0, 0.05) is 25.8 Å². The number of aryl methyl sites for hydroxylation is 1. The molecule has 0 aromatic heterocycles. The number of carbonyl (C=O) groups is 2. The van der Waals surface area contributed by atoms with Crippen LogP contribution in [0.15, 0.2) is 24.3 Å². The molecule has 0 saturated heterocycles. The molecule has 0 radical (unpaired) electrons. The molecule has 2 amide bonds. The SMILES string of the molecule is COC(C)C(=O)NCCNC(=O)c1ccc(C)cc1. The van der Waals surface area contributed by atoms with Crippen LogP contribution in [0.4, 0.5) is 0 Å². The molecule has 0 aliphatic carbocycles. The summed E-state index contributed by atoms with van der Waals surface area (Å²) in [5.74, 6) is -0.332. The van der Waals surface area contributed by atoms with Crippen LogP contribution < -0.4 is 10.6 Å². The number of nitrogens with one attached hydrogen (secondary N) is 2. The first-order valence-electron chi connectivity index (χ1n) is 6.20. The van der Waals surface area contributed by atoms with Gasteiger partial charge in [0.05, 0.1) is 0 Å². The molecular weight excluding hydrogens is 244 g/mol. The Bertz CT molecular complexity index is 429. The zero-order valence-corrected chi connectivity index (χ0v) is 11.5. The van der Waals surface area contributed by atoms with E-state index in [9.17, 15) is 9.59 Å². The van der Waals surface area contributed by atoms with Crippen LogP contribution in [0.1, 0.15) is 22.8 Å². The minimum atomic E-state index is -0.479. The van der Waals surface area contributed by atoms with Crippen molar-refractivity contribution in [3.05, 3.63) is 35.4 Å². The summed E-state index contributed by atoms with van der Waals surface area (Å²) < 4.78 is 4.87. The van der Waals surface area contributed by atoms with Crippen molar-refractivity contribution in [2.45, 2.75) is 20.0 Å². The molecule has 1 unspecified atom stereocenters. The van der Waals surface area contributed by atoms with Crippen molar-refractivity contribution in [3.8, 4) is 0 Å². The summed E-state index contributed by atoms with van der Waals surface area (Å²) in [7, 11) is 1.48. The molecule has 5 heteroatoms. The number of rotatable bonds is 6. The lowest BCUT2D eigenvalue weighted by Gasteiger charge is -2.10. The van der Waals surface area contributed by atoms with Gasteiger partial charge in [0.25, 0.3) is 5.91 Å². The summed E-state index contributed by atoms with van der Waals surface area (Å²) in [5, 5.41) is 5.41. The molecule has 2 N–H and O–H groups in total. The van der Waals surface area contributed by atoms with Crippen molar-refractivity contribution in [2.75, 3.05) is 20.2 Å². The number of benzene rings is 1. The van der Waals surface area contributed by atoms with E-state index in [1.165, 1.54) is 7.11 Å². The second kappa shape index (κ2) is 7.53. The van der Waals surface area contributed by atoms with Gasteiger partial charge in [0.2, 0.25) is 5.91 Å². The average molecular weight is 264 g/mol. The van der Waals surface area contributed by atoms with Gasteiger partial charge in [-0.15, -0.1) is 0 Å². The van der Waals surface area contributed by atoms with E-state index in [1.54, 1.807) is 19.1 Å². The Balaban J connectivity index is 2.28. The van der Waals surface area contributed by atoms with Crippen molar-refractivity contribution < 1.29 is 14.3 Å². The third kappa shape index (κ3) is 5.09. The average Bonchev–Trinajstić information content (AvgIpc) is 2.42. The van der Waals surface area contributed by atoms with E-state index in [0.29, 0.717) is 18.7 Å². The highest BCUT2D eigenvalue weighted by Crippen LogP contribution is 2.02. The molecule has 1 rings (SSSR count). The lowest BCUT2D eigenvalue weighted by atomic mass is 10.1. The first-order valence-corrected chi connectivity index (χ1v) is 6.20. The first-order chi connectivity index (χ1) is 9.04. The fourth-order valence-electron chi connectivity index (χ4n) is 1.42. The summed E-state index contributed by atoms with van der Waals surface area (Å²) in [6.45, 7) is 4.40. The Kier molecular flexibility index (Phi) is 6.02. The number of ether oxygens (including phenoxy) is 1. The molecule has 0 saturated carbocycles. The van der Waals surface area contributed by atoms with Gasteiger partial charge >= 0.3 is 0 Å². The second-order valence-electron chi connectivity index (χ2n) is 4.29. The number of hydrogen-bond donors (Lipinski definition) is 2. The summed E-state index contributed by atoms with van der Waals surface area (Å²) in [6, 6.07) is 7.32. The van der Waals surface area contributed by atoms with Crippen molar-refractivity contribution in [2.24, 2.45) is 0 Å². The standard InChI is InChI=1S/C14H20N2O3/c1-10-4-6-12(7-5-10)14(18)16-9-8-15-13(17)11(2)19-3/h4-7,11H,8-9H2,1-3H3,(H,15,17)(H,16,18). The van der Waals surface area contributed by atoms with Gasteiger partial charge in [0.15, 0.2) is 0 Å². The van der Waals surface area contributed by atoms with E-state index >= 15 is 0 Å². The van der Waals surface area contributed by atoms with Crippen molar-refractivity contribution >= 4 is 11.8 Å². The van der Waals surface area contributed by atoms with E-state index in [-0.39, 0.29) is 11.8 Å². The molecular formula is C14H20N2O3. The molecule has 0 spiro atoms. The second-order valence-corrected chi connectivity index (χ2v) is 4.29. The van der Waals surface area contributed by atoms with Gasteiger partial charge in [-0.1, -0.05) is 17.7 Å². The number of amides is 2. The summed E-state index contributed by atoms with van der Waals surface area (Å²) >= 11 is 0. The van der Waals surface area contributed by atoms with Crippen LogP contribution in [-0.2, 0) is 9.53 Å². The smallest absolute Gasteiger partial charge is 0.251 e. The number of carbonyl (C=O) groups excluding carboxylic acids is 2. The quantitative estimate of drug-likeness (QED) is 0.749. The topological polar surface area (TPSA) is 67.4 Å². The molecule has 0 bridgehead atoms. The minimum Gasteiger partial charge on any atom is -0.372 e. The van der Waals surface area contributed by atoms with E-state index in [0.717, 1.165) is 5.56 Å². The normalized spacial score (nSPS) is 11.7. The predicted octanol–water partition coefficient (Wildman–Crippen LogP) is 0.876. The zero-order chi connectivity index (χ0) is 14.3. The molecule has 0 aliphatic rings. The molecule has 0 heterocycles. The molecule has 1 atom stereocenters. The molecule has 1 aromatic carbocycles. The maximum atomic E-state index is 11.7. The van der Waals surface area contributed by atoms with Crippen LogP contribution in [0.25, 0.3) is 0 Å². The van der Waals surface area contributed by atoms with E-state index < -0.39 is 6.10 Å². The van der Waals surface area contributed by atoms with Gasteiger partial charge in [-0.05, 0) is 26.0 Å². The molecule has 0 fully saturated rings. The van der Waals surface area contributed by atoms with Gasteiger partial charge in [-0.3, -0.25) is 9.59 Å². The van der Waals surface area contributed by atoms with Gasteiger partial charge in [-0.25, -0.2) is 0 Å². The van der Waals surface area contributed by atoms with Crippen LogP contribution in [0.2, 0.25) is 0 Å². The van der Waals surface area contributed by atoms with Crippen LogP contribution in [-0.4, -0.2) is 38.1 Å². The van der Waals surface area contributed by atoms with Crippen molar-refractivity contribution in [1.82, 2.24) is 10.6 Å². The minimum absolute atomic E-state index is 0.144. The molecule has 1 aromatic rings. The zero-order valence-electron chi connectivity index (χ0n) is 11.5. The Morgan fingerprint density at radius 3 is 2.32 bits per heavy atom. The van der Waals surface area contributed by atoms with Crippen LogP contribution in [0.3, 0.4) is 0 Å².